The van der Waals surface area contributed by atoms with Crippen LogP contribution in [0.2, 0.25) is 0 Å². The van der Waals surface area contributed by atoms with Gasteiger partial charge in [0.25, 0.3) is 0 Å². The number of carbonyl (C=O) groups is 3. The lowest BCUT2D eigenvalue weighted by Crippen LogP contribution is -2.30. The zero-order valence-corrected chi connectivity index (χ0v) is 39.7. The quantitative estimate of drug-likeness (QED) is 0.0263. The second kappa shape index (κ2) is 49.2. The van der Waals surface area contributed by atoms with E-state index < -0.39 is 12.1 Å². The van der Waals surface area contributed by atoms with Crippen molar-refractivity contribution in [3.8, 4) is 0 Å². The molecular formula is C55H92O6. The van der Waals surface area contributed by atoms with E-state index >= 15 is 0 Å². The molecule has 0 aliphatic rings. The first-order valence-electron chi connectivity index (χ1n) is 25.1. The van der Waals surface area contributed by atoms with Crippen molar-refractivity contribution < 1.29 is 28.6 Å². The van der Waals surface area contributed by atoms with Gasteiger partial charge in [0.05, 0.1) is 6.42 Å². The largest absolute Gasteiger partial charge is 0.462 e. The van der Waals surface area contributed by atoms with E-state index in [9.17, 15) is 14.4 Å². The standard InChI is InChI=1S/C55H92O6/c1-4-7-10-13-16-19-21-23-25-27-28-30-31-33-36-39-42-45-48-54(57)60-51-52(50-59-53(56)47-44-41-38-35-18-15-12-9-6-3)61-55(58)49-46-43-40-37-34-32-29-26-24-22-20-17-14-11-8-5-2/h8-9,11-12,17-18,20,24,26,32,34-35,41,44,52H,4-7,10,13-16,19,21-23,25,27-31,33,36-40,42-43,45-51H2,1-3H3/b11-8-,12-9-,20-17-,26-24-,34-32-,35-18-,44-41-. The van der Waals surface area contributed by atoms with E-state index in [4.69, 9.17) is 14.2 Å². The molecule has 0 fully saturated rings. The number of hydrogen-bond donors (Lipinski definition) is 0. The van der Waals surface area contributed by atoms with Gasteiger partial charge in [-0.25, -0.2) is 0 Å². The van der Waals surface area contributed by atoms with Crippen LogP contribution in [-0.2, 0) is 28.6 Å². The van der Waals surface area contributed by atoms with Gasteiger partial charge in [-0.3, -0.25) is 14.4 Å². The topological polar surface area (TPSA) is 78.9 Å². The predicted molar refractivity (Wildman–Crippen MR) is 261 cm³/mol. The molecule has 0 spiro atoms. The lowest BCUT2D eigenvalue weighted by Gasteiger charge is -2.18. The second-order valence-electron chi connectivity index (χ2n) is 16.3. The highest BCUT2D eigenvalue weighted by molar-refractivity contribution is 5.72. The first-order valence-corrected chi connectivity index (χ1v) is 25.1. The molecule has 0 radical (unpaired) electrons. The molecule has 61 heavy (non-hydrogen) atoms. The second-order valence-corrected chi connectivity index (χ2v) is 16.3. The molecule has 1 unspecified atom stereocenters. The summed E-state index contributed by atoms with van der Waals surface area (Å²) in [6.07, 6.45) is 63.2. The smallest absolute Gasteiger partial charge is 0.309 e. The van der Waals surface area contributed by atoms with Crippen molar-refractivity contribution in [3.63, 3.8) is 0 Å². The normalized spacial score (nSPS) is 12.8. The van der Waals surface area contributed by atoms with Gasteiger partial charge in [-0.1, -0.05) is 221 Å². The molecule has 0 aromatic rings. The first-order chi connectivity index (χ1) is 30.0. The molecule has 6 nitrogen and oxygen atoms in total. The molecule has 0 bridgehead atoms. The Morgan fingerprint density at radius 2 is 0.705 bits per heavy atom. The van der Waals surface area contributed by atoms with Crippen LogP contribution in [-0.4, -0.2) is 37.2 Å². The van der Waals surface area contributed by atoms with Gasteiger partial charge in [-0.05, 0) is 70.6 Å². The highest BCUT2D eigenvalue weighted by atomic mass is 16.6. The molecular weight excluding hydrogens is 757 g/mol. The molecule has 0 aliphatic carbocycles. The van der Waals surface area contributed by atoms with Gasteiger partial charge in [0.15, 0.2) is 6.10 Å². The van der Waals surface area contributed by atoms with Crippen molar-refractivity contribution in [3.05, 3.63) is 85.1 Å². The summed E-state index contributed by atoms with van der Waals surface area (Å²) >= 11 is 0. The number of unbranched alkanes of at least 4 members (excludes halogenated alkanes) is 20. The van der Waals surface area contributed by atoms with Gasteiger partial charge in [-0.15, -0.1) is 0 Å². The Kier molecular flexibility index (Phi) is 46.5. The van der Waals surface area contributed by atoms with Crippen LogP contribution in [0.1, 0.15) is 226 Å². The Morgan fingerprint density at radius 1 is 0.361 bits per heavy atom. The maximum absolute atomic E-state index is 12.7. The zero-order chi connectivity index (χ0) is 44.4. The van der Waals surface area contributed by atoms with Crippen LogP contribution in [0.3, 0.4) is 0 Å². The first kappa shape index (κ1) is 57.6. The van der Waals surface area contributed by atoms with Gasteiger partial charge < -0.3 is 14.2 Å². The predicted octanol–water partition coefficient (Wildman–Crippen LogP) is 16.4. The van der Waals surface area contributed by atoms with Crippen molar-refractivity contribution in [2.75, 3.05) is 13.2 Å². The third-order valence-electron chi connectivity index (χ3n) is 10.4. The van der Waals surface area contributed by atoms with Gasteiger partial charge >= 0.3 is 17.9 Å². The fourth-order valence-electron chi connectivity index (χ4n) is 6.73. The van der Waals surface area contributed by atoms with Crippen LogP contribution in [0, 0.1) is 0 Å². The van der Waals surface area contributed by atoms with Crippen molar-refractivity contribution in [2.45, 2.75) is 232 Å². The van der Waals surface area contributed by atoms with Gasteiger partial charge in [-0.2, -0.15) is 0 Å². The van der Waals surface area contributed by atoms with Crippen LogP contribution >= 0.6 is 0 Å². The molecule has 0 aliphatic heterocycles. The number of ether oxygens (including phenoxy) is 3. The molecule has 0 heterocycles. The summed E-state index contributed by atoms with van der Waals surface area (Å²) in [7, 11) is 0. The van der Waals surface area contributed by atoms with Crippen molar-refractivity contribution in [1.29, 1.82) is 0 Å². The Bertz CT molecular complexity index is 1200. The van der Waals surface area contributed by atoms with Crippen LogP contribution in [0.5, 0.6) is 0 Å². The van der Waals surface area contributed by atoms with Crippen LogP contribution in [0.15, 0.2) is 85.1 Å². The summed E-state index contributed by atoms with van der Waals surface area (Å²) in [5, 5.41) is 0. The van der Waals surface area contributed by atoms with Crippen LogP contribution in [0.4, 0.5) is 0 Å². The fraction of sp³-hybridized carbons (Fsp3) is 0.691. The van der Waals surface area contributed by atoms with Gasteiger partial charge in [0.1, 0.15) is 13.2 Å². The fourth-order valence-corrected chi connectivity index (χ4v) is 6.73. The highest BCUT2D eigenvalue weighted by Gasteiger charge is 2.19. The Morgan fingerprint density at radius 3 is 1.15 bits per heavy atom. The van der Waals surface area contributed by atoms with E-state index in [1.54, 1.807) is 6.08 Å². The third kappa shape index (κ3) is 47.5. The minimum Gasteiger partial charge on any atom is -0.462 e. The average molecular weight is 849 g/mol. The van der Waals surface area contributed by atoms with Crippen molar-refractivity contribution in [1.82, 2.24) is 0 Å². The number of carbonyl (C=O) groups excluding carboxylic acids is 3. The molecule has 0 saturated heterocycles. The van der Waals surface area contributed by atoms with Gasteiger partial charge in [0, 0.05) is 12.8 Å². The minimum atomic E-state index is -0.826. The summed E-state index contributed by atoms with van der Waals surface area (Å²) in [4.78, 5) is 37.8. The molecule has 1 atom stereocenters. The number of allylic oxidation sites excluding steroid dienone is 13. The molecule has 0 saturated carbocycles. The van der Waals surface area contributed by atoms with E-state index in [0.29, 0.717) is 12.8 Å². The maximum atomic E-state index is 12.7. The number of hydrogen-bond acceptors (Lipinski definition) is 6. The molecule has 0 amide bonds. The Labute approximate surface area is 375 Å². The van der Waals surface area contributed by atoms with E-state index in [0.717, 1.165) is 83.5 Å². The Balaban J connectivity index is 4.40. The van der Waals surface area contributed by atoms with Gasteiger partial charge in [0.2, 0.25) is 0 Å². The summed E-state index contributed by atoms with van der Waals surface area (Å²) < 4.78 is 16.6. The summed E-state index contributed by atoms with van der Waals surface area (Å²) in [6.45, 7) is 6.28. The monoisotopic (exact) mass is 849 g/mol. The van der Waals surface area contributed by atoms with Crippen LogP contribution in [0.25, 0.3) is 0 Å². The van der Waals surface area contributed by atoms with E-state index in [1.165, 1.54) is 96.3 Å². The lowest BCUT2D eigenvalue weighted by molar-refractivity contribution is -0.166. The molecule has 0 N–H and O–H groups in total. The molecule has 0 aromatic carbocycles. The summed E-state index contributed by atoms with van der Waals surface area (Å²) in [5.74, 6) is -1.08. The zero-order valence-electron chi connectivity index (χ0n) is 39.7. The number of rotatable bonds is 44. The lowest BCUT2D eigenvalue weighted by atomic mass is 10.0. The number of esters is 3. The maximum Gasteiger partial charge on any atom is 0.309 e. The van der Waals surface area contributed by atoms with Crippen LogP contribution < -0.4 is 0 Å². The minimum absolute atomic E-state index is 0.115. The Hall–Kier alpha value is -3.41. The molecule has 0 aromatic heterocycles. The SMILES string of the molecule is CC/C=C\C/C=C\C/C=C\C/C=C\CCCCCC(=O)OC(COC(=O)C/C=C\C/C=C\C/C=C\CC)COC(=O)CCCCCCCCCCCCCCCCCCCC. The molecule has 348 valence electrons. The average Bonchev–Trinajstić information content (AvgIpc) is 3.26. The highest BCUT2D eigenvalue weighted by Crippen LogP contribution is 2.15. The summed E-state index contributed by atoms with van der Waals surface area (Å²) in [6, 6.07) is 0. The van der Waals surface area contributed by atoms with Crippen molar-refractivity contribution >= 4 is 17.9 Å². The molecule has 6 heteroatoms. The van der Waals surface area contributed by atoms with Crippen molar-refractivity contribution in [2.24, 2.45) is 0 Å². The van der Waals surface area contributed by atoms with E-state index in [-0.39, 0.29) is 38.0 Å². The van der Waals surface area contributed by atoms with E-state index in [2.05, 4.69) is 93.7 Å². The summed E-state index contributed by atoms with van der Waals surface area (Å²) in [5.41, 5.74) is 0. The molecule has 0 rings (SSSR count). The third-order valence-corrected chi connectivity index (χ3v) is 10.4. The van der Waals surface area contributed by atoms with E-state index in [1.807, 2.05) is 6.08 Å².